The number of aliphatic carboxylic acids is 1. The lowest BCUT2D eigenvalue weighted by molar-refractivity contribution is -0.134. The van der Waals surface area contributed by atoms with Crippen LogP contribution < -0.4 is 14.4 Å². The first-order chi connectivity index (χ1) is 14.7. The quantitative estimate of drug-likeness (QED) is 0.338. The molecule has 3 aliphatic carbocycles. The maximum atomic E-state index is 13.4. The largest absolute Gasteiger partial charge is 0.476 e. The zero-order chi connectivity index (χ0) is 22.4. The highest BCUT2D eigenvalue weighted by Gasteiger charge is 2.61. The van der Waals surface area contributed by atoms with Gasteiger partial charge >= 0.3 is 5.97 Å². The second-order valence-electron chi connectivity index (χ2n) is 8.15. The highest BCUT2D eigenvalue weighted by Crippen LogP contribution is 2.62. The highest BCUT2D eigenvalue weighted by atomic mass is 32.2. The number of thioether (sulfide) groups is 1. The number of carboxylic acids is 1. The molecule has 3 saturated carbocycles. The summed E-state index contributed by atoms with van der Waals surface area (Å²) in [6, 6.07) is 2.67. The number of sulfonamides is 1. The lowest BCUT2D eigenvalue weighted by Crippen LogP contribution is -2.70. The van der Waals surface area contributed by atoms with Gasteiger partial charge in [-0.2, -0.15) is 4.39 Å². The third kappa shape index (κ3) is 4.04. The van der Waals surface area contributed by atoms with Gasteiger partial charge in [-0.15, -0.1) is 11.8 Å². The molecule has 1 aliphatic heterocycles. The Labute approximate surface area is 184 Å². The molecule has 0 saturated heterocycles. The van der Waals surface area contributed by atoms with E-state index < -0.39 is 27.9 Å². The Balaban J connectivity index is 1.78. The molecule has 31 heavy (non-hydrogen) atoms. The SMILES string of the molecule is CCOC[C@@H]1CN(C23CC(C2)C3)c2cc(SC)c(O/C=C(\F)C(=O)O)cc2S(=O)(=O)N1. The Kier molecular flexibility index (Phi) is 5.97. The van der Waals surface area contributed by atoms with Gasteiger partial charge in [0.2, 0.25) is 15.9 Å². The molecule has 1 aromatic carbocycles. The minimum atomic E-state index is -3.91. The first-order valence-corrected chi connectivity index (χ1v) is 12.8. The van der Waals surface area contributed by atoms with E-state index in [-0.39, 0.29) is 22.8 Å². The maximum absolute atomic E-state index is 13.4. The van der Waals surface area contributed by atoms with Gasteiger partial charge in [-0.1, -0.05) is 0 Å². The van der Waals surface area contributed by atoms with Crippen molar-refractivity contribution in [3.63, 3.8) is 0 Å². The molecule has 0 radical (unpaired) electrons. The molecular weight excluding hydrogens is 447 g/mol. The first kappa shape index (κ1) is 22.4. The van der Waals surface area contributed by atoms with Gasteiger partial charge in [0.15, 0.2) is 0 Å². The van der Waals surface area contributed by atoms with Crippen LogP contribution in [0.5, 0.6) is 5.75 Å². The van der Waals surface area contributed by atoms with Gasteiger partial charge in [-0.25, -0.2) is 17.9 Å². The van der Waals surface area contributed by atoms with Crippen molar-refractivity contribution in [2.75, 3.05) is 30.9 Å². The van der Waals surface area contributed by atoms with E-state index in [1.54, 1.807) is 12.3 Å². The number of fused-ring (bicyclic) bond motifs is 1. The summed E-state index contributed by atoms with van der Waals surface area (Å²) < 4.78 is 53.3. The number of carbonyl (C=O) groups is 1. The minimum absolute atomic E-state index is 0.0353. The van der Waals surface area contributed by atoms with Crippen LogP contribution in [-0.2, 0) is 19.6 Å². The van der Waals surface area contributed by atoms with Gasteiger partial charge in [0.1, 0.15) is 16.9 Å². The van der Waals surface area contributed by atoms with Crippen LogP contribution in [0.1, 0.15) is 26.2 Å². The lowest BCUT2D eigenvalue weighted by atomic mass is 9.49. The molecule has 5 rings (SSSR count). The molecule has 0 amide bonds. The standard InChI is InChI=1S/C20H25FN2O6S2/c1-3-28-10-13-9-23(20-6-12(7-20)8-20)15-4-17(30-2)16(29-11-14(21)19(24)25)5-18(15)31(26,27)22-13/h4-5,11-13,22H,3,6-10H2,1-2H3,(H,24,25)/b14-11-/t12?,13-,20?/m0/s1. The summed E-state index contributed by atoms with van der Waals surface area (Å²) in [5, 5.41) is 8.71. The van der Waals surface area contributed by atoms with Crippen molar-refractivity contribution in [3.05, 3.63) is 24.2 Å². The third-order valence-electron chi connectivity index (χ3n) is 6.15. The van der Waals surface area contributed by atoms with Gasteiger partial charge in [-0.05, 0) is 44.4 Å². The molecule has 0 unspecified atom stereocenters. The molecule has 1 aromatic rings. The number of halogens is 1. The van der Waals surface area contributed by atoms with E-state index in [9.17, 15) is 17.6 Å². The number of anilines is 1. The van der Waals surface area contributed by atoms with Crippen LogP contribution in [0.4, 0.5) is 10.1 Å². The lowest BCUT2D eigenvalue weighted by Gasteiger charge is -2.67. The topological polar surface area (TPSA) is 105 Å². The first-order valence-electron chi connectivity index (χ1n) is 10.0. The number of rotatable bonds is 8. The number of nitrogens with one attached hydrogen (secondary N) is 1. The molecule has 8 nitrogen and oxygen atoms in total. The van der Waals surface area contributed by atoms with E-state index in [2.05, 4.69) is 9.62 Å². The summed E-state index contributed by atoms with van der Waals surface area (Å²) in [4.78, 5) is 13.5. The van der Waals surface area contributed by atoms with E-state index >= 15 is 0 Å². The number of benzene rings is 1. The van der Waals surface area contributed by atoms with Crippen molar-refractivity contribution in [1.82, 2.24) is 4.72 Å². The van der Waals surface area contributed by atoms with E-state index in [1.807, 2.05) is 6.92 Å². The van der Waals surface area contributed by atoms with Crippen LogP contribution in [0.2, 0.25) is 0 Å². The number of hydrogen-bond donors (Lipinski definition) is 2. The van der Waals surface area contributed by atoms with E-state index in [0.29, 0.717) is 35.9 Å². The molecule has 2 N–H and O–H groups in total. The van der Waals surface area contributed by atoms with Gasteiger partial charge in [0, 0.05) is 24.8 Å². The predicted molar refractivity (Wildman–Crippen MR) is 114 cm³/mol. The van der Waals surface area contributed by atoms with E-state index in [4.69, 9.17) is 14.6 Å². The van der Waals surface area contributed by atoms with Crippen molar-refractivity contribution >= 4 is 33.4 Å². The summed E-state index contributed by atoms with van der Waals surface area (Å²) >= 11 is 1.31. The summed E-state index contributed by atoms with van der Waals surface area (Å²) in [6.07, 6.45) is 5.36. The Bertz CT molecular complexity index is 1010. The summed E-state index contributed by atoms with van der Waals surface area (Å²) in [6.45, 7) is 3.08. The fourth-order valence-electron chi connectivity index (χ4n) is 4.57. The van der Waals surface area contributed by atoms with Crippen LogP contribution in [0.3, 0.4) is 0 Å². The van der Waals surface area contributed by atoms with Crippen LogP contribution in [0, 0.1) is 5.92 Å². The Morgan fingerprint density at radius 1 is 1.42 bits per heavy atom. The predicted octanol–water partition coefficient (Wildman–Crippen LogP) is 2.74. The van der Waals surface area contributed by atoms with Crippen LogP contribution in [0.15, 0.2) is 34.0 Å². The molecule has 1 atom stereocenters. The number of ether oxygens (including phenoxy) is 2. The number of hydrogen-bond acceptors (Lipinski definition) is 7. The van der Waals surface area contributed by atoms with Crippen LogP contribution in [0.25, 0.3) is 0 Å². The van der Waals surface area contributed by atoms with Crippen molar-refractivity contribution < 1.29 is 32.2 Å². The van der Waals surface area contributed by atoms with Gasteiger partial charge in [-0.3, -0.25) is 0 Å². The van der Waals surface area contributed by atoms with Crippen LogP contribution in [-0.4, -0.2) is 57.1 Å². The normalized spacial score (nSPS) is 28.7. The molecule has 3 fully saturated rings. The Morgan fingerprint density at radius 3 is 2.68 bits per heavy atom. The Morgan fingerprint density at radius 2 is 2.13 bits per heavy atom. The molecule has 4 aliphatic rings. The monoisotopic (exact) mass is 472 g/mol. The molecule has 0 aromatic heterocycles. The minimum Gasteiger partial charge on any atom is -0.476 e. The molecule has 11 heteroatoms. The third-order valence-corrected chi connectivity index (χ3v) is 8.45. The number of nitrogens with zero attached hydrogens (tertiary/aromatic N) is 1. The summed E-state index contributed by atoms with van der Waals surface area (Å²) in [5.41, 5.74) is 0.544. The molecule has 2 bridgehead atoms. The molecular formula is C20H25FN2O6S2. The van der Waals surface area contributed by atoms with Crippen molar-refractivity contribution in [2.45, 2.75) is 47.6 Å². The summed E-state index contributed by atoms with van der Waals surface area (Å²) in [7, 11) is -3.91. The molecule has 1 heterocycles. The maximum Gasteiger partial charge on any atom is 0.368 e. The zero-order valence-electron chi connectivity index (χ0n) is 17.3. The molecule has 0 spiro atoms. The second-order valence-corrected chi connectivity index (χ2v) is 10.7. The van der Waals surface area contributed by atoms with Crippen LogP contribution >= 0.6 is 11.8 Å². The van der Waals surface area contributed by atoms with Crippen molar-refractivity contribution in [2.24, 2.45) is 5.92 Å². The fourth-order valence-corrected chi connectivity index (χ4v) is 6.52. The van der Waals surface area contributed by atoms with Gasteiger partial charge < -0.3 is 19.5 Å². The van der Waals surface area contributed by atoms with Crippen molar-refractivity contribution in [3.8, 4) is 5.75 Å². The average Bonchev–Trinajstić information content (AvgIpc) is 2.75. The second kappa shape index (κ2) is 8.27. The fraction of sp³-hybridized carbons (Fsp3) is 0.550. The van der Waals surface area contributed by atoms with Gasteiger partial charge in [0.25, 0.3) is 0 Å². The molecule has 170 valence electrons. The highest BCUT2D eigenvalue weighted by molar-refractivity contribution is 7.98. The average molecular weight is 473 g/mol. The van der Waals surface area contributed by atoms with E-state index in [1.165, 1.54) is 17.8 Å². The van der Waals surface area contributed by atoms with Crippen molar-refractivity contribution in [1.29, 1.82) is 0 Å². The zero-order valence-corrected chi connectivity index (χ0v) is 18.9. The Hall–Kier alpha value is -1.82. The summed E-state index contributed by atoms with van der Waals surface area (Å²) in [5.74, 6) is -2.46. The van der Waals surface area contributed by atoms with Gasteiger partial charge in [0.05, 0.1) is 23.2 Å². The van der Waals surface area contributed by atoms with E-state index in [0.717, 1.165) is 19.3 Å². The number of carboxylic acid groups (broad SMARTS) is 1. The smallest absolute Gasteiger partial charge is 0.368 e.